The molecule has 5 rings (SSSR count). The van der Waals surface area contributed by atoms with Crippen LogP contribution in [0, 0.1) is 11.9 Å². The molecule has 1 aliphatic carbocycles. The van der Waals surface area contributed by atoms with E-state index in [-0.39, 0.29) is 16.5 Å². The molecule has 0 amide bonds. The molecule has 1 fully saturated rings. The molecule has 0 saturated heterocycles. The van der Waals surface area contributed by atoms with Gasteiger partial charge in [0.15, 0.2) is 0 Å². The molecule has 4 aromatic rings. The van der Waals surface area contributed by atoms with E-state index in [9.17, 15) is 17.6 Å². The minimum Gasteiger partial charge on any atom is -0.255 e. The lowest BCUT2D eigenvalue weighted by Crippen LogP contribution is -2.17. The molecule has 3 nitrogen and oxygen atoms in total. The molecule has 1 aliphatic rings. The highest BCUT2D eigenvalue weighted by Gasteiger charge is 2.31. The molecule has 0 aliphatic heterocycles. The van der Waals surface area contributed by atoms with Crippen molar-refractivity contribution in [3.63, 3.8) is 0 Å². The van der Waals surface area contributed by atoms with E-state index in [2.05, 4.69) is 21.8 Å². The van der Waals surface area contributed by atoms with Gasteiger partial charge >= 0.3 is 6.18 Å². The van der Waals surface area contributed by atoms with Crippen molar-refractivity contribution in [1.82, 2.24) is 15.2 Å². The summed E-state index contributed by atoms with van der Waals surface area (Å²) < 4.78 is 53.6. The maximum Gasteiger partial charge on any atom is 0.393 e. The molecule has 2 aromatic carbocycles. The molecule has 8 heteroatoms. The minimum atomic E-state index is -4.37. The predicted octanol–water partition coefficient (Wildman–Crippen LogP) is 9.20. The van der Waals surface area contributed by atoms with Crippen molar-refractivity contribution in [1.29, 1.82) is 0 Å². The van der Waals surface area contributed by atoms with Crippen LogP contribution in [0.5, 0.6) is 0 Å². The van der Waals surface area contributed by atoms with Crippen molar-refractivity contribution < 1.29 is 17.6 Å². The summed E-state index contributed by atoms with van der Waals surface area (Å²) in [5.74, 6) is -0.435. The van der Waals surface area contributed by atoms with E-state index in [1.165, 1.54) is 12.3 Å². The fourth-order valence-corrected chi connectivity index (χ4v) is 5.12. The highest BCUT2D eigenvalue weighted by Crippen LogP contribution is 2.46. The molecule has 1 saturated carbocycles. The van der Waals surface area contributed by atoms with Gasteiger partial charge in [-0.25, -0.2) is 0 Å². The van der Waals surface area contributed by atoms with Gasteiger partial charge in [-0.05, 0) is 77.3 Å². The van der Waals surface area contributed by atoms with Crippen LogP contribution in [0.1, 0.15) is 54.1 Å². The zero-order chi connectivity index (χ0) is 27.7. The normalized spacial score (nSPS) is 15.0. The Morgan fingerprint density at radius 1 is 1.10 bits per heavy atom. The molecule has 0 bridgehead atoms. The van der Waals surface area contributed by atoms with Crippen molar-refractivity contribution in [3.05, 3.63) is 112 Å². The lowest BCUT2D eigenvalue weighted by molar-refractivity contribution is -0.127. The van der Waals surface area contributed by atoms with Gasteiger partial charge < -0.3 is 0 Å². The summed E-state index contributed by atoms with van der Waals surface area (Å²) in [5.41, 5.74) is 6.12. The molecule has 0 spiro atoms. The van der Waals surface area contributed by atoms with Crippen LogP contribution >= 0.6 is 11.6 Å². The third-order valence-corrected chi connectivity index (χ3v) is 7.18. The first-order chi connectivity index (χ1) is 18.6. The van der Waals surface area contributed by atoms with Crippen molar-refractivity contribution >= 4 is 39.7 Å². The highest BCUT2D eigenvalue weighted by molar-refractivity contribution is 6.32. The summed E-state index contributed by atoms with van der Waals surface area (Å²) in [5, 5.41) is 6.89. The third kappa shape index (κ3) is 5.98. The topological polar surface area (TPSA) is 41.6 Å². The van der Waals surface area contributed by atoms with E-state index in [1.807, 2.05) is 49.4 Å². The van der Waals surface area contributed by atoms with E-state index >= 15 is 0 Å². The van der Waals surface area contributed by atoms with Crippen molar-refractivity contribution in [2.45, 2.75) is 38.8 Å². The number of hydrogen-bond donors (Lipinski definition) is 1. The maximum atomic E-state index is 14.5. The van der Waals surface area contributed by atoms with Gasteiger partial charge in [-0.3, -0.25) is 10.1 Å². The Balaban J connectivity index is 1.73. The van der Waals surface area contributed by atoms with E-state index in [0.717, 1.165) is 52.7 Å². The zero-order valence-corrected chi connectivity index (χ0v) is 22.0. The Bertz CT molecular complexity index is 1590. The molecule has 200 valence electrons. The van der Waals surface area contributed by atoms with E-state index < -0.39 is 18.5 Å². The molecule has 2 aromatic heterocycles. The number of hydrogen-bond acceptors (Lipinski definition) is 2. The van der Waals surface area contributed by atoms with Crippen LogP contribution in [0.4, 0.5) is 17.6 Å². The average molecular weight is 552 g/mol. The summed E-state index contributed by atoms with van der Waals surface area (Å²) >= 11 is 6.64. The second-order valence-electron chi connectivity index (χ2n) is 9.95. The highest BCUT2D eigenvalue weighted by atomic mass is 35.5. The fourth-order valence-electron chi connectivity index (χ4n) is 4.83. The number of aromatic nitrogens is 3. The predicted molar refractivity (Wildman–Crippen MR) is 149 cm³/mol. The number of halogens is 5. The van der Waals surface area contributed by atoms with Crippen molar-refractivity contribution in [2.24, 2.45) is 5.92 Å². The number of nitrogens with zero attached hydrogens (tertiary/aromatic N) is 2. The molecule has 2 heterocycles. The number of benzene rings is 2. The lowest BCUT2D eigenvalue weighted by atomic mass is 9.74. The third-order valence-electron chi connectivity index (χ3n) is 6.90. The fraction of sp³-hybridized carbons (Fsp3) is 0.226. The Kier molecular flexibility index (Phi) is 7.45. The molecule has 0 radical (unpaired) electrons. The van der Waals surface area contributed by atoms with Crippen LogP contribution < -0.4 is 0 Å². The Labute approximate surface area is 228 Å². The van der Waals surface area contributed by atoms with Gasteiger partial charge in [-0.2, -0.15) is 22.7 Å². The monoisotopic (exact) mass is 551 g/mol. The Hall–Kier alpha value is -3.71. The average Bonchev–Trinajstić information content (AvgIpc) is 3.21. The second-order valence-corrected chi connectivity index (χ2v) is 10.4. The van der Waals surface area contributed by atoms with Gasteiger partial charge in [0.2, 0.25) is 5.95 Å². The van der Waals surface area contributed by atoms with Crippen LogP contribution in [-0.2, 0) is 6.42 Å². The number of aromatic amines is 1. The van der Waals surface area contributed by atoms with Gasteiger partial charge in [0.05, 0.1) is 28.0 Å². The smallest absolute Gasteiger partial charge is 0.255 e. The number of H-pyrrole nitrogens is 1. The number of fused-ring (bicyclic) bond motifs is 1. The first-order valence-electron chi connectivity index (χ1n) is 12.6. The van der Waals surface area contributed by atoms with Crippen molar-refractivity contribution in [2.75, 3.05) is 0 Å². The van der Waals surface area contributed by atoms with Gasteiger partial charge in [0, 0.05) is 6.20 Å². The van der Waals surface area contributed by atoms with E-state index in [0.29, 0.717) is 16.6 Å². The van der Waals surface area contributed by atoms with Crippen LogP contribution in [0.2, 0.25) is 5.02 Å². The summed E-state index contributed by atoms with van der Waals surface area (Å²) in [7, 11) is 0. The second kappa shape index (κ2) is 10.8. The minimum absolute atomic E-state index is 0.00120. The summed E-state index contributed by atoms with van der Waals surface area (Å²) in [6.45, 7) is 5.81. The van der Waals surface area contributed by atoms with Crippen LogP contribution in [0.3, 0.4) is 0 Å². The van der Waals surface area contributed by atoms with Crippen LogP contribution in [0.15, 0.2) is 73.0 Å². The SMILES string of the molecule is C=C(C)/C=C/c1ccc(/C(=C(\c2ncc(CC(F)(F)F)cc2Cl)C2CCC2)c2ccc3n[nH]c(F)c3c2)cc1. The van der Waals surface area contributed by atoms with Crippen LogP contribution in [-0.4, -0.2) is 21.4 Å². The van der Waals surface area contributed by atoms with Gasteiger partial charge in [0.25, 0.3) is 0 Å². The van der Waals surface area contributed by atoms with Gasteiger partial charge in [-0.1, -0.05) is 72.7 Å². The molecule has 39 heavy (non-hydrogen) atoms. The number of rotatable bonds is 7. The summed E-state index contributed by atoms with van der Waals surface area (Å²) in [6, 6.07) is 14.6. The van der Waals surface area contributed by atoms with E-state index in [4.69, 9.17) is 11.6 Å². The molecular weight excluding hydrogens is 526 g/mol. The quantitative estimate of drug-likeness (QED) is 0.184. The number of pyridine rings is 1. The number of alkyl halides is 3. The number of allylic oxidation sites excluding steroid dienone is 3. The molecule has 0 unspecified atom stereocenters. The Morgan fingerprint density at radius 3 is 2.44 bits per heavy atom. The van der Waals surface area contributed by atoms with Gasteiger partial charge in [0.1, 0.15) is 0 Å². The lowest BCUT2D eigenvalue weighted by Gasteiger charge is -2.31. The van der Waals surface area contributed by atoms with Crippen molar-refractivity contribution in [3.8, 4) is 0 Å². The van der Waals surface area contributed by atoms with Gasteiger partial charge in [-0.15, -0.1) is 0 Å². The number of nitrogens with one attached hydrogen (secondary N) is 1. The first-order valence-corrected chi connectivity index (χ1v) is 13.0. The standard InChI is InChI=1S/C31H26ClF4N3/c1-18(2)6-7-19-8-10-22(11-9-19)27(23-12-13-26-24(15-23)30(33)39-38-26)28(21-4-3-5-21)29-25(32)14-20(17-37-29)16-31(34,35)36/h6-15,17,21H,1,3-5,16H2,2H3,(H,38,39)/b7-6+,28-27+. The zero-order valence-electron chi connectivity index (χ0n) is 21.2. The van der Waals surface area contributed by atoms with E-state index in [1.54, 1.807) is 12.1 Å². The molecular formula is C31H26ClF4N3. The van der Waals surface area contributed by atoms with Crippen LogP contribution in [0.25, 0.3) is 28.1 Å². The summed E-state index contributed by atoms with van der Waals surface area (Å²) in [4.78, 5) is 4.47. The Morgan fingerprint density at radius 2 is 1.82 bits per heavy atom. The molecule has 1 N–H and O–H groups in total. The first kappa shape index (κ1) is 26.9. The maximum absolute atomic E-state index is 14.5. The molecule has 0 atom stereocenters. The largest absolute Gasteiger partial charge is 0.393 e. The summed E-state index contributed by atoms with van der Waals surface area (Å²) in [6.07, 6.45) is 2.46.